The summed E-state index contributed by atoms with van der Waals surface area (Å²) in [6.45, 7) is 1.77. The zero-order chi connectivity index (χ0) is 19.2. The van der Waals surface area contributed by atoms with Crippen LogP contribution in [-0.2, 0) is 12.6 Å². The van der Waals surface area contributed by atoms with E-state index in [2.05, 4.69) is 20.1 Å². The molecular formula is C17H17F3N6O. The van der Waals surface area contributed by atoms with Gasteiger partial charge in [0, 0.05) is 23.2 Å². The van der Waals surface area contributed by atoms with Crippen molar-refractivity contribution in [2.24, 2.45) is 0 Å². The first-order valence-electron chi connectivity index (χ1n) is 8.51. The summed E-state index contributed by atoms with van der Waals surface area (Å²) in [7, 11) is 0. The Morgan fingerprint density at radius 3 is 2.70 bits per heavy atom. The van der Waals surface area contributed by atoms with Crippen molar-refractivity contribution in [3.63, 3.8) is 0 Å². The van der Waals surface area contributed by atoms with Gasteiger partial charge < -0.3 is 10.5 Å². The molecule has 142 valence electrons. The SMILES string of the molecule is Cc1nc2ncnn2c(N)c1Cc1ccc(C(F)(F)F)nc1OC1CCC1. The molecule has 1 aliphatic carbocycles. The van der Waals surface area contributed by atoms with Gasteiger partial charge in [0.1, 0.15) is 23.9 Å². The second-order valence-corrected chi connectivity index (χ2v) is 6.54. The van der Waals surface area contributed by atoms with Crippen LogP contribution in [-0.4, -0.2) is 30.7 Å². The minimum Gasteiger partial charge on any atom is -0.474 e. The topological polar surface area (TPSA) is 91.2 Å². The van der Waals surface area contributed by atoms with Crippen molar-refractivity contribution in [3.05, 3.63) is 41.0 Å². The van der Waals surface area contributed by atoms with Gasteiger partial charge in [0.25, 0.3) is 5.78 Å². The first kappa shape index (κ1) is 17.5. The predicted molar refractivity (Wildman–Crippen MR) is 90.2 cm³/mol. The Balaban J connectivity index is 1.74. The fourth-order valence-corrected chi connectivity index (χ4v) is 2.93. The molecule has 0 spiro atoms. The molecular weight excluding hydrogens is 361 g/mol. The summed E-state index contributed by atoms with van der Waals surface area (Å²) in [5, 5.41) is 4.02. The van der Waals surface area contributed by atoms with E-state index in [1.807, 2.05) is 0 Å². The maximum Gasteiger partial charge on any atom is 0.433 e. The van der Waals surface area contributed by atoms with E-state index < -0.39 is 11.9 Å². The second kappa shape index (κ2) is 6.36. The summed E-state index contributed by atoms with van der Waals surface area (Å²) < 4.78 is 46.3. The van der Waals surface area contributed by atoms with E-state index in [0.717, 1.165) is 25.3 Å². The van der Waals surface area contributed by atoms with Crippen molar-refractivity contribution in [1.82, 2.24) is 24.6 Å². The number of pyridine rings is 1. The summed E-state index contributed by atoms with van der Waals surface area (Å²) in [5.74, 6) is 0.696. The van der Waals surface area contributed by atoms with E-state index in [1.165, 1.54) is 16.9 Å². The number of ether oxygens (including phenoxy) is 1. The highest BCUT2D eigenvalue weighted by atomic mass is 19.4. The third-order valence-electron chi connectivity index (χ3n) is 4.70. The molecule has 4 rings (SSSR count). The molecule has 1 saturated carbocycles. The van der Waals surface area contributed by atoms with Gasteiger partial charge >= 0.3 is 6.18 Å². The van der Waals surface area contributed by atoms with Crippen LogP contribution in [0.4, 0.5) is 19.0 Å². The van der Waals surface area contributed by atoms with Crippen LogP contribution < -0.4 is 10.5 Å². The largest absolute Gasteiger partial charge is 0.474 e. The highest BCUT2D eigenvalue weighted by Crippen LogP contribution is 2.34. The lowest BCUT2D eigenvalue weighted by Gasteiger charge is -2.27. The molecule has 7 nitrogen and oxygen atoms in total. The smallest absolute Gasteiger partial charge is 0.433 e. The molecule has 0 unspecified atom stereocenters. The molecule has 0 radical (unpaired) electrons. The molecule has 0 aliphatic heterocycles. The molecule has 3 heterocycles. The number of nitrogens with zero attached hydrogens (tertiary/aromatic N) is 5. The summed E-state index contributed by atoms with van der Waals surface area (Å²) in [5.41, 5.74) is 7.00. The molecule has 3 aromatic rings. The molecule has 0 atom stereocenters. The lowest BCUT2D eigenvalue weighted by atomic mass is 9.96. The first-order chi connectivity index (χ1) is 12.8. The number of aromatic nitrogens is 5. The molecule has 0 aromatic carbocycles. The number of nitrogens with two attached hydrogens (primary N) is 1. The van der Waals surface area contributed by atoms with E-state index in [0.29, 0.717) is 28.4 Å². The van der Waals surface area contributed by atoms with E-state index in [1.54, 1.807) is 6.92 Å². The molecule has 1 aliphatic rings. The highest BCUT2D eigenvalue weighted by molar-refractivity contribution is 5.51. The van der Waals surface area contributed by atoms with Crippen molar-refractivity contribution < 1.29 is 17.9 Å². The Kier molecular flexibility index (Phi) is 4.12. The molecule has 1 fully saturated rings. The Labute approximate surface area is 152 Å². The molecule has 3 aromatic heterocycles. The quantitative estimate of drug-likeness (QED) is 0.751. The van der Waals surface area contributed by atoms with Crippen molar-refractivity contribution in [2.45, 2.75) is 44.9 Å². The van der Waals surface area contributed by atoms with Crippen molar-refractivity contribution in [3.8, 4) is 5.88 Å². The van der Waals surface area contributed by atoms with Crippen LogP contribution in [0.25, 0.3) is 5.78 Å². The number of alkyl halides is 3. The number of nitrogen functional groups attached to an aromatic ring is 1. The summed E-state index contributed by atoms with van der Waals surface area (Å²) >= 11 is 0. The van der Waals surface area contributed by atoms with E-state index in [9.17, 15) is 13.2 Å². The van der Waals surface area contributed by atoms with Crippen LogP contribution in [0.15, 0.2) is 18.5 Å². The minimum atomic E-state index is -4.54. The van der Waals surface area contributed by atoms with Crippen molar-refractivity contribution >= 4 is 11.6 Å². The van der Waals surface area contributed by atoms with Gasteiger partial charge in [0.05, 0.1) is 0 Å². The van der Waals surface area contributed by atoms with Gasteiger partial charge in [-0.2, -0.15) is 27.8 Å². The molecule has 0 saturated heterocycles. The highest BCUT2D eigenvalue weighted by Gasteiger charge is 2.34. The number of rotatable bonds is 4. The number of fused-ring (bicyclic) bond motifs is 1. The van der Waals surface area contributed by atoms with Gasteiger partial charge in [-0.3, -0.25) is 0 Å². The predicted octanol–water partition coefficient (Wildman–Crippen LogP) is 2.95. The van der Waals surface area contributed by atoms with Crippen LogP contribution in [0.5, 0.6) is 5.88 Å². The molecule has 0 bridgehead atoms. The average molecular weight is 378 g/mol. The van der Waals surface area contributed by atoms with Gasteiger partial charge in [0.2, 0.25) is 5.88 Å². The monoisotopic (exact) mass is 378 g/mol. The number of halogens is 3. The Morgan fingerprint density at radius 2 is 2.04 bits per heavy atom. The van der Waals surface area contributed by atoms with Gasteiger partial charge in [-0.1, -0.05) is 6.07 Å². The van der Waals surface area contributed by atoms with Crippen LogP contribution in [0.2, 0.25) is 0 Å². The summed E-state index contributed by atoms with van der Waals surface area (Å²) in [6.07, 6.45) is -0.449. The first-order valence-corrected chi connectivity index (χ1v) is 8.51. The lowest BCUT2D eigenvalue weighted by molar-refractivity contribution is -0.141. The Morgan fingerprint density at radius 1 is 1.26 bits per heavy atom. The maximum atomic E-state index is 13.1. The van der Waals surface area contributed by atoms with Crippen LogP contribution >= 0.6 is 0 Å². The molecule has 27 heavy (non-hydrogen) atoms. The van der Waals surface area contributed by atoms with Crippen LogP contribution in [0.1, 0.15) is 41.8 Å². The normalized spacial score (nSPS) is 15.1. The Bertz CT molecular complexity index is 996. The van der Waals surface area contributed by atoms with E-state index in [4.69, 9.17) is 10.5 Å². The summed E-state index contributed by atoms with van der Waals surface area (Å²) in [6, 6.07) is 2.34. The van der Waals surface area contributed by atoms with E-state index in [-0.39, 0.29) is 18.4 Å². The van der Waals surface area contributed by atoms with E-state index >= 15 is 0 Å². The fourth-order valence-electron chi connectivity index (χ4n) is 2.93. The van der Waals surface area contributed by atoms with Crippen LogP contribution in [0.3, 0.4) is 0 Å². The standard InChI is InChI=1S/C17H17F3N6O/c1-9-12(14(21)26-16(24-9)22-8-23-26)7-10-5-6-13(17(18,19)20)25-15(10)27-11-3-2-4-11/h5-6,8,11H,2-4,7,21H2,1H3. The third-order valence-corrected chi connectivity index (χ3v) is 4.70. The average Bonchev–Trinajstić information content (AvgIpc) is 3.03. The zero-order valence-electron chi connectivity index (χ0n) is 14.5. The number of hydrogen-bond acceptors (Lipinski definition) is 6. The molecule has 10 heteroatoms. The number of aryl methyl sites for hydroxylation is 1. The maximum absolute atomic E-state index is 13.1. The third kappa shape index (κ3) is 3.26. The van der Waals surface area contributed by atoms with Crippen molar-refractivity contribution in [2.75, 3.05) is 5.73 Å². The summed E-state index contributed by atoms with van der Waals surface area (Å²) in [4.78, 5) is 12.1. The number of anilines is 1. The van der Waals surface area contributed by atoms with Gasteiger partial charge in [0.15, 0.2) is 0 Å². The lowest BCUT2D eigenvalue weighted by Crippen LogP contribution is -2.26. The fraction of sp³-hybridized carbons (Fsp3) is 0.412. The van der Waals surface area contributed by atoms with Crippen LogP contribution in [0, 0.1) is 6.92 Å². The Hall–Kier alpha value is -2.91. The van der Waals surface area contributed by atoms with Crippen molar-refractivity contribution in [1.29, 1.82) is 0 Å². The number of hydrogen-bond donors (Lipinski definition) is 1. The van der Waals surface area contributed by atoms with Gasteiger partial charge in [-0.15, -0.1) is 0 Å². The molecule has 2 N–H and O–H groups in total. The van der Waals surface area contributed by atoms with Gasteiger partial charge in [-0.05, 0) is 32.3 Å². The minimum absolute atomic E-state index is 0.00740. The second-order valence-electron chi connectivity index (χ2n) is 6.54. The zero-order valence-corrected chi connectivity index (χ0v) is 14.5. The molecule has 0 amide bonds. The van der Waals surface area contributed by atoms with Gasteiger partial charge in [-0.25, -0.2) is 9.97 Å².